The molecule has 1 atom stereocenters. The SMILES string of the molecule is CCC(=O)N1CCC(NC(=NC)NCc2nccs2)C1. The van der Waals surface area contributed by atoms with Gasteiger partial charge in [-0.15, -0.1) is 11.3 Å². The summed E-state index contributed by atoms with van der Waals surface area (Å²) in [4.78, 5) is 22.0. The molecule has 0 saturated carbocycles. The summed E-state index contributed by atoms with van der Waals surface area (Å²) in [5, 5.41) is 9.59. The summed E-state index contributed by atoms with van der Waals surface area (Å²) in [6, 6.07) is 0.271. The molecule has 110 valence electrons. The normalized spacial score (nSPS) is 19.2. The highest BCUT2D eigenvalue weighted by atomic mass is 32.1. The molecule has 1 fully saturated rings. The van der Waals surface area contributed by atoms with Crippen LogP contribution >= 0.6 is 11.3 Å². The summed E-state index contributed by atoms with van der Waals surface area (Å²) in [5.74, 6) is 0.982. The third-order valence-corrected chi connectivity index (χ3v) is 4.08. The van der Waals surface area contributed by atoms with Crippen LogP contribution in [0.4, 0.5) is 0 Å². The number of likely N-dealkylation sites (tertiary alicyclic amines) is 1. The Balaban J connectivity index is 1.78. The molecule has 20 heavy (non-hydrogen) atoms. The molecular formula is C13H21N5OS. The maximum atomic E-state index is 11.6. The second-order valence-electron chi connectivity index (χ2n) is 4.67. The van der Waals surface area contributed by atoms with E-state index in [1.165, 1.54) is 0 Å². The van der Waals surface area contributed by atoms with E-state index in [0.717, 1.165) is 30.5 Å². The molecule has 7 heteroatoms. The standard InChI is InChI=1S/C13H21N5OS/c1-3-12(19)18-6-4-10(9-18)17-13(14-2)16-8-11-15-5-7-20-11/h5,7,10H,3-4,6,8-9H2,1-2H3,(H2,14,16,17). The molecule has 0 aromatic carbocycles. The van der Waals surface area contributed by atoms with E-state index < -0.39 is 0 Å². The van der Waals surface area contributed by atoms with Crippen molar-refractivity contribution in [2.75, 3.05) is 20.1 Å². The number of hydrogen-bond acceptors (Lipinski definition) is 4. The first kappa shape index (κ1) is 14.8. The molecule has 1 saturated heterocycles. The maximum Gasteiger partial charge on any atom is 0.222 e. The van der Waals surface area contributed by atoms with Crippen molar-refractivity contribution in [2.45, 2.75) is 32.4 Å². The molecule has 0 spiro atoms. The van der Waals surface area contributed by atoms with Gasteiger partial charge in [-0.3, -0.25) is 9.79 Å². The van der Waals surface area contributed by atoms with E-state index in [-0.39, 0.29) is 11.9 Å². The maximum absolute atomic E-state index is 11.6. The second-order valence-corrected chi connectivity index (χ2v) is 5.65. The molecule has 1 aliphatic heterocycles. The van der Waals surface area contributed by atoms with Gasteiger partial charge >= 0.3 is 0 Å². The Morgan fingerprint density at radius 3 is 3.15 bits per heavy atom. The number of aromatic nitrogens is 1. The summed E-state index contributed by atoms with van der Waals surface area (Å²) in [7, 11) is 1.75. The van der Waals surface area contributed by atoms with Gasteiger partial charge in [-0.05, 0) is 6.42 Å². The lowest BCUT2D eigenvalue weighted by Crippen LogP contribution is -2.44. The van der Waals surface area contributed by atoms with E-state index in [1.807, 2.05) is 17.2 Å². The molecule has 1 unspecified atom stereocenters. The molecule has 6 nitrogen and oxygen atoms in total. The Bertz CT molecular complexity index is 459. The highest BCUT2D eigenvalue weighted by molar-refractivity contribution is 7.09. The number of nitrogens with zero attached hydrogens (tertiary/aromatic N) is 3. The second kappa shape index (κ2) is 7.23. The fourth-order valence-electron chi connectivity index (χ4n) is 2.22. The van der Waals surface area contributed by atoms with Crippen LogP contribution in [0.25, 0.3) is 0 Å². The van der Waals surface area contributed by atoms with Crippen LogP contribution in [0.1, 0.15) is 24.8 Å². The largest absolute Gasteiger partial charge is 0.352 e. The van der Waals surface area contributed by atoms with Crippen molar-refractivity contribution in [3.05, 3.63) is 16.6 Å². The van der Waals surface area contributed by atoms with Gasteiger partial charge in [-0.25, -0.2) is 4.98 Å². The van der Waals surface area contributed by atoms with Crippen LogP contribution in [0.5, 0.6) is 0 Å². The summed E-state index contributed by atoms with van der Waals surface area (Å²) >= 11 is 1.62. The zero-order valence-electron chi connectivity index (χ0n) is 11.9. The average molecular weight is 295 g/mol. The number of thiazole rings is 1. The highest BCUT2D eigenvalue weighted by Gasteiger charge is 2.25. The van der Waals surface area contributed by atoms with Gasteiger partial charge in [-0.2, -0.15) is 0 Å². The van der Waals surface area contributed by atoms with E-state index in [2.05, 4.69) is 20.6 Å². The van der Waals surface area contributed by atoms with Crippen LogP contribution in [-0.2, 0) is 11.3 Å². The van der Waals surface area contributed by atoms with E-state index >= 15 is 0 Å². The Hall–Kier alpha value is -1.63. The number of carbonyl (C=O) groups is 1. The van der Waals surface area contributed by atoms with Crippen LogP contribution < -0.4 is 10.6 Å². The highest BCUT2D eigenvalue weighted by Crippen LogP contribution is 2.10. The van der Waals surface area contributed by atoms with Gasteiger partial charge in [0.25, 0.3) is 0 Å². The number of guanidine groups is 1. The molecule has 2 heterocycles. The Kier molecular flexibility index (Phi) is 5.34. The minimum atomic E-state index is 0.222. The summed E-state index contributed by atoms with van der Waals surface area (Å²) in [6.07, 6.45) is 3.33. The monoisotopic (exact) mass is 295 g/mol. The number of nitrogens with one attached hydrogen (secondary N) is 2. The third kappa shape index (κ3) is 3.93. The summed E-state index contributed by atoms with van der Waals surface area (Å²) in [5.41, 5.74) is 0. The molecule has 1 aromatic rings. The number of hydrogen-bond donors (Lipinski definition) is 2. The molecule has 0 radical (unpaired) electrons. The summed E-state index contributed by atoms with van der Waals surface area (Å²) < 4.78 is 0. The topological polar surface area (TPSA) is 69.6 Å². The predicted molar refractivity (Wildman–Crippen MR) is 80.7 cm³/mol. The van der Waals surface area contributed by atoms with Crippen molar-refractivity contribution in [3.8, 4) is 0 Å². The lowest BCUT2D eigenvalue weighted by Gasteiger charge is -2.18. The number of aliphatic imine (C=N–C) groups is 1. The first-order valence-electron chi connectivity index (χ1n) is 6.86. The molecular weight excluding hydrogens is 274 g/mol. The van der Waals surface area contributed by atoms with Crippen molar-refractivity contribution in [1.29, 1.82) is 0 Å². The molecule has 0 aliphatic carbocycles. The van der Waals surface area contributed by atoms with Crippen molar-refractivity contribution in [1.82, 2.24) is 20.5 Å². The minimum Gasteiger partial charge on any atom is -0.352 e. The van der Waals surface area contributed by atoms with E-state index in [9.17, 15) is 4.79 Å². The number of amides is 1. The fourth-order valence-corrected chi connectivity index (χ4v) is 2.77. The van der Waals surface area contributed by atoms with E-state index in [1.54, 1.807) is 24.6 Å². The van der Waals surface area contributed by atoms with Gasteiger partial charge in [0.1, 0.15) is 5.01 Å². The van der Waals surface area contributed by atoms with Crippen molar-refractivity contribution in [3.63, 3.8) is 0 Å². The van der Waals surface area contributed by atoms with E-state index in [0.29, 0.717) is 13.0 Å². The lowest BCUT2D eigenvalue weighted by atomic mass is 10.3. The van der Waals surface area contributed by atoms with Crippen LogP contribution in [0, 0.1) is 0 Å². The smallest absolute Gasteiger partial charge is 0.222 e. The zero-order valence-corrected chi connectivity index (χ0v) is 12.7. The van der Waals surface area contributed by atoms with Crippen LogP contribution in [0.3, 0.4) is 0 Å². The Labute approximate surface area is 123 Å². The van der Waals surface area contributed by atoms with Crippen LogP contribution in [0.15, 0.2) is 16.6 Å². The summed E-state index contributed by atoms with van der Waals surface area (Å²) in [6.45, 7) is 4.15. The molecule has 2 N–H and O–H groups in total. The lowest BCUT2D eigenvalue weighted by molar-refractivity contribution is -0.129. The van der Waals surface area contributed by atoms with Crippen LogP contribution in [0.2, 0.25) is 0 Å². The Morgan fingerprint density at radius 1 is 1.65 bits per heavy atom. The van der Waals surface area contributed by atoms with Gasteiger partial charge in [-0.1, -0.05) is 6.92 Å². The van der Waals surface area contributed by atoms with Gasteiger partial charge in [0.2, 0.25) is 5.91 Å². The fraction of sp³-hybridized carbons (Fsp3) is 0.615. The van der Waals surface area contributed by atoms with Gasteiger partial charge in [0.05, 0.1) is 6.54 Å². The molecule has 1 aromatic heterocycles. The quantitative estimate of drug-likeness (QED) is 0.637. The zero-order chi connectivity index (χ0) is 14.4. The molecule has 1 amide bonds. The molecule has 1 aliphatic rings. The van der Waals surface area contributed by atoms with Gasteiger partial charge in [0.15, 0.2) is 5.96 Å². The number of carbonyl (C=O) groups excluding carboxylic acids is 1. The first-order chi connectivity index (χ1) is 9.72. The van der Waals surface area contributed by atoms with E-state index in [4.69, 9.17) is 0 Å². The molecule has 2 rings (SSSR count). The third-order valence-electron chi connectivity index (χ3n) is 3.30. The average Bonchev–Trinajstić information content (AvgIpc) is 3.13. The van der Waals surface area contributed by atoms with Crippen LogP contribution in [-0.4, -0.2) is 47.9 Å². The van der Waals surface area contributed by atoms with Crippen molar-refractivity contribution in [2.24, 2.45) is 4.99 Å². The van der Waals surface area contributed by atoms with Crippen molar-refractivity contribution < 1.29 is 4.79 Å². The van der Waals surface area contributed by atoms with Crippen molar-refractivity contribution >= 4 is 23.2 Å². The molecule has 0 bridgehead atoms. The Morgan fingerprint density at radius 2 is 2.50 bits per heavy atom. The first-order valence-corrected chi connectivity index (χ1v) is 7.74. The van der Waals surface area contributed by atoms with Gasteiger partial charge in [0, 0.05) is 44.2 Å². The minimum absolute atomic E-state index is 0.222. The predicted octanol–water partition coefficient (Wildman–Crippen LogP) is 0.819. The van der Waals surface area contributed by atoms with Gasteiger partial charge < -0.3 is 15.5 Å². The number of rotatable bonds is 4.